The molecule has 0 atom stereocenters. The molecule has 23 heavy (non-hydrogen) atoms. The predicted molar refractivity (Wildman–Crippen MR) is 85.6 cm³/mol. The molecule has 0 amide bonds. The Hall–Kier alpha value is -3.21. The largest absolute Gasteiger partial charge is 0.478 e. The maximum absolute atomic E-state index is 11.3. The third kappa shape index (κ3) is 3.03. The molecule has 5 nitrogen and oxygen atoms in total. The quantitative estimate of drug-likeness (QED) is 0.735. The van der Waals surface area contributed by atoms with Gasteiger partial charge in [0.05, 0.1) is 11.8 Å². The number of hydrogen-bond acceptors (Lipinski definition) is 3. The molecule has 2 aromatic carbocycles. The number of aldehydes is 1. The summed E-state index contributed by atoms with van der Waals surface area (Å²) in [4.78, 5) is 26.5. The van der Waals surface area contributed by atoms with E-state index in [1.54, 1.807) is 30.5 Å². The number of benzene rings is 2. The molecule has 0 saturated heterocycles. The molecule has 114 valence electrons. The van der Waals surface area contributed by atoms with Gasteiger partial charge >= 0.3 is 5.97 Å². The lowest BCUT2D eigenvalue weighted by atomic mass is 10.1. The van der Waals surface area contributed by atoms with Gasteiger partial charge < -0.3 is 9.67 Å². The Kier molecular flexibility index (Phi) is 4.01. The molecule has 0 aliphatic carbocycles. The number of carboxylic acids is 1. The summed E-state index contributed by atoms with van der Waals surface area (Å²) in [6.07, 6.45) is 2.31. The Bertz CT molecular complexity index is 836. The molecule has 1 heterocycles. The molecular weight excluding hydrogens is 292 g/mol. The van der Waals surface area contributed by atoms with Crippen LogP contribution in [0.15, 0.2) is 60.8 Å². The number of rotatable bonds is 5. The molecule has 5 heteroatoms. The second-order valence-electron chi connectivity index (χ2n) is 5.08. The van der Waals surface area contributed by atoms with Gasteiger partial charge in [0.25, 0.3) is 0 Å². The van der Waals surface area contributed by atoms with Crippen LogP contribution >= 0.6 is 0 Å². The Labute approximate surface area is 132 Å². The van der Waals surface area contributed by atoms with Gasteiger partial charge in [-0.1, -0.05) is 42.5 Å². The molecule has 0 aliphatic rings. The average Bonchev–Trinajstić information content (AvgIpc) is 2.99. The summed E-state index contributed by atoms with van der Waals surface area (Å²) in [6.45, 7) is 0.443. The fourth-order valence-corrected chi connectivity index (χ4v) is 2.40. The Morgan fingerprint density at radius 3 is 2.39 bits per heavy atom. The highest BCUT2D eigenvalue weighted by molar-refractivity contribution is 5.87. The highest BCUT2D eigenvalue weighted by atomic mass is 16.4. The van der Waals surface area contributed by atoms with Crippen molar-refractivity contribution in [2.24, 2.45) is 0 Å². The van der Waals surface area contributed by atoms with Gasteiger partial charge in [0.1, 0.15) is 11.5 Å². The van der Waals surface area contributed by atoms with Gasteiger partial charge in [0, 0.05) is 12.1 Å². The van der Waals surface area contributed by atoms with Gasteiger partial charge in [-0.05, 0) is 17.7 Å². The van der Waals surface area contributed by atoms with Gasteiger partial charge in [0.2, 0.25) is 0 Å². The second kappa shape index (κ2) is 6.27. The second-order valence-corrected chi connectivity index (χ2v) is 5.08. The van der Waals surface area contributed by atoms with Gasteiger partial charge in [-0.15, -0.1) is 0 Å². The zero-order valence-corrected chi connectivity index (χ0v) is 12.2. The molecule has 3 rings (SSSR count). The molecule has 0 bridgehead atoms. The number of carboxylic acid groups (broad SMARTS) is 1. The number of hydrogen-bond donors (Lipinski definition) is 1. The lowest BCUT2D eigenvalue weighted by Gasteiger charge is -2.10. The van der Waals surface area contributed by atoms with E-state index in [-0.39, 0.29) is 5.56 Å². The summed E-state index contributed by atoms with van der Waals surface area (Å²) >= 11 is 0. The van der Waals surface area contributed by atoms with E-state index in [0.717, 1.165) is 17.4 Å². The minimum atomic E-state index is -0.960. The van der Waals surface area contributed by atoms with E-state index in [1.165, 1.54) is 0 Å². The topological polar surface area (TPSA) is 72.2 Å². The third-order valence-corrected chi connectivity index (χ3v) is 3.58. The normalized spacial score (nSPS) is 10.4. The Morgan fingerprint density at radius 1 is 1.09 bits per heavy atom. The number of imidazole rings is 1. The number of carbonyl (C=O) groups is 2. The standard InChI is InChI=1S/C18H14N2O3/c21-12-16-10-19-17(14-4-2-1-3-5-14)20(16)11-13-6-8-15(9-7-13)18(22)23/h1-10,12H,11H2,(H,22,23). The SMILES string of the molecule is O=Cc1cnc(-c2ccccc2)n1Cc1ccc(C(=O)O)cc1. The first-order chi connectivity index (χ1) is 11.2. The van der Waals surface area contributed by atoms with Crippen molar-refractivity contribution in [2.45, 2.75) is 6.54 Å². The average molecular weight is 306 g/mol. The molecule has 0 fully saturated rings. The van der Waals surface area contributed by atoms with Crippen molar-refractivity contribution < 1.29 is 14.7 Å². The lowest BCUT2D eigenvalue weighted by molar-refractivity contribution is 0.0696. The minimum absolute atomic E-state index is 0.235. The highest BCUT2D eigenvalue weighted by Crippen LogP contribution is 2.20. The van der Waals surface area contributed by atoms with Gasteiger partial charge in [0.15, 0.2) is 6.29 Å². The van der Waals surface area contributed by atoms with Crippen LogP contribution in [0.4, 0.5) is 0 Å². The van der Waals surface area contributed by atoms with Crippen LogP contribution in [0.3, 0.4) is 0 Å². The van der Waals surface area contributed by atoms with Crippen molar-refractivity contribution >= 4 is 12.3 Å². The van der Waals surface area contributed by atoms with Crippen LogP contribution in [0.1, 0.15) is 26.4 Å². The van der Waals surface area contributed by atoms with Crippen LogP contribution in [0.25, 0.3) is 11.4 Å². The van der Waals surface area contributed by atoms with Crippen LogP contribution < -0.4 is 0 Å². The molecule has 3 aromatic rings. The minimum Gasteiger partial charge on any atom is -0.478 e. The summed E-state index contributed by atoms with van der Waals surface area (Å²) in [5, 5.41) is 8.95. The fraction of sp³-hybridized carbons (Fsp3) is 0.0556. The van der Waals surface area contributed by atoms with Crippen molar-refractivity contribution in [1.82, 2.24) is 9.55 Å². The number of carbonyl (C=O) groups excluding carboxylic acids is 1. The molecular formula is C18H14N2O3. The zero-order chi connectivity index (χ0) is 16.2. The van der Waals surface area contributed by atoms with E-state index in [4.69, 9.17) is 5.11 Å². The summed E-state index contributed by atoms with van der Waals surface area (Å²) in [5.74, 6) is -0.257. The predicted octanol–water partition coefficient (Wildman–Crippen LogP) is 3.11. The molecule has 0 unspecified atom stereocenters. The van der Waals surface area contributed by atoms with Crippen LogP contribution in [-0.4, -0.2) is 26.9 Å². The highest BCUT2D eigenvalue weighted by Gasteiger charge is 2.12. The number of nitrogens with zero attached hydrogens (tertiary/aromatic N) is 2. The smallest absolute Gasteiger partial charge is 0.335 e. The van der Waals surface area contributed by atoms with Gasteiger partial charge in [-0.3, -0.25) is 4.79 Å². The maximum Gasteiger partial charge on any atom is 0.335 e. The van der Waals surface area contributed by atoms with Gasteiger partial charge in [-0.2, -0.15) is 0 Å². The van der Waals surface area contributed by atoms with E-state index >= 15 is 0 Å². The van der Waals surface area contributed by atoms with Crippen molar-refractivity contribution in [2.75, 3.05) is 0 Å². The first kappa shape index (κ1) is 14.7. The van der Waals surface area contributed by atoms with E-state index in [2.05, 4.69) is 4.98 Å². The Morgan fingerprint density at radius 2 is 1.78 bits per heavy atom. The third-order valence-electron chi connectivity index (χ3n) is 3.58. The molecule has 0 spiro atoms. The Balaban J connectivity index is 1.97. The summed E-state index contributed by atoms with van der Waals surface area (Å²) in [5.41, 5.74) is 2.53. The van der Waals surface area contributed by atoms with E-state index in [9.17, 15) is 9.59 Å². The van der Waals surface area contributed by atoms with Gasteiger partial charge in [-0.25, -0.2) is 9.78 Å². The fourth-order valence-electron chi connectivity index (χ4n) is 2.40. The molecule has 0 radical (unpaired) electrons. The first-order valence-corrected chi connectivity index (χ1v) is 7.07. The summed E-state index contributed by atoms with van der Waals surface area (Å²) < 4.78 is 1.82. The van der Waals surface area contributed by atoms with E-state index in [1.807, 2.05) is 34.9 Å². The first-order valence-electron chi connectivity index (χ1n) is 7.07. The number of aromatic nitrogens is 2. The monoisotopic (exact) mass is 306 g/mol. The van der Waals surface area contributed by atoms with Crippen molar-refractivity contribution in [3.05, 3.63) is 77.6 Å². The van der Waals surface area contributed by atoms with Crippen LogP contribution in [0.5, 0.6) is 0 Å². The van der Waals surface area contributed by atoms with Crippen LogP contribution in [0, 0.1) is 0 Å². The zero-order valence-electron chi connectivity index (χ0n) is 12.2. The summed E-state index contributed by atoms with van der Waals surface area (Å²) in [7, 11) is 0. The van der Waals surface area contributed by atoms with Crippen LogP contribution in [0.2, 0.25) is 0 Å². The number of aromatic carboxylic acids is 1. The molecule has 0 saturated carbocycles. The summed E-state index contributed by atoms with van der Waals surface area (Å²) in [6, 6.07) is 16.2. The lowest BCUT2D eigenvalue weighted by Crippen LogP contribution is -2.06. The van der Waals surface area contributed by atoms with Crippen molar-refractivity contribution in [1.29, 1.82) is 0 Å². The van der Waals surface area contributed by atoms with E-state index < -0.39 is 5.97 Å². The maximum atomic E-state index is 11.3. The van der Waals surface area contributed by atoms with Crippen molar-refractivity contribution in [3.8, 4) is 11.4 Å². The molecule has 1 aromatic heterocycles. The molecule has 1 N–H and O–H groups in total. The van der Waals surface area contributed by atoms with Crippen molar-refractivity contribution in [3.63, 3.8) is 0 Å². The van der Waals surface area contributed by atoms with E-state index in [0.29, 0.717) is 18.1 Å². The van der Waals surface area contributed by atoms with Crippen LogP contribution in [-0.2, 0) is 6.54 Å². The molecule has 0 aliphatic heterocycles.